The van der Waals surface area contributed by atoms with Gasteiger partial charge < -0.3 is 9.84 Å². The highest BCUT2D eigenvalue weighted by Gasteiger charge is 2.05. The van der Waals surface area contributed by atoms with Crippen LogP contribution < -0.4 is 0 Å². The minimum atomic E-state index is -0.393. The van der Waals surface area contributed by atoms with Crippen molar-refractivity contribution >= 4 is 27.7 Å². The van der Waals surface area contributed by atoms with Crippen LogP contribution >= 0.6 is 27.7 Å². The number of benzene rings is 1. The number of aliphatic hydroxyl groups excluding tert-OH is 1. The van der Waals surface area contributed by atoms with Crippen LogP contribution in [0.3, 0.4) is 0 Å². The Kier molecular flexibility index (Phi) is 7.93. The summed E-state index contributed by atoms with van der Waals surface area (Å²) in [4.78, 5) is 1.16. The van der Waals surface area contributed by atoms with Gasteiger partial charge in [-0.15, -0.1) is 11.8 Å². The quantitative estimate of drug-likeness (QED) is 0.585. The van der Waals surface area contributed by atoms with Crippen LogP contribution in [0.2, 0.25) is 0 Å². The van der Waals surface area contributed by atoms with Crippen LogP contribution in [0.25, 0.3) is 0 Å². The maximum atomic E-state index is 9.72. The summed E-state index contributed by atoms with van der Waals surface area (Å²) in [5.74, 6) is 0.669. The van der Waals surface area contributed by atoms with E-state index < -0.39 is 6.10 Å². The van der Waals surface area contributed by atoms with Gasteiger partial charge in [0.25, 0.3) is 0 Å². The largest absolute Gasteiger partial charge is 0.390 e. The summed E-state index contributed by atoms with van der Waals surface area (Å²) in [5, 5.41) is 9.72. The molecule has 0 fully saturated rings. The van der Waals surface area contributed by atoms with Crippen LogP contribution in [-0.4, -0.2) is 30.2 Å². The van der Waals surface area contributed by atoms with Gasteiger partial charge in [0, 0.05) is 21.7 Å². The number of unbranched alkanes of at least 4 members (excludes halogenated alkanes) is 1. The zero-order chi connectivity index (χ0) is 12.5. The molecular weight excluding hydrogens is 300 g/mol. The molecule has 1 N–H and O–H groups in total. The number of hydrogen-bond donors (Lipinski definition) is 1. The summed E-state index contributed by atoms with van der Waals surface area (Å²) in [6, 6.07) is 8.08. The van der Waals surface area contributed by atoms with Crippen molar-refractivity contribution < 1.29 is 9.84 Å². The number of rotatable bonds is 8. The molecule has 0 aromatic heterocycles. The molecule has 0 bridgehead atoms. The molecule has 0 saturated heterocycles. The lowest BCUT2D eigenvalue weighted by Gasteiger charge is -2.10. The first-order valence-corrected chi connectivity index (χ1v) is 7.64. The normalized spacial score (nSPS) is 12.6. The van der Waals surface area contributed by atoms with E-state index in [0.29, 0.717) is 12.4 Å². The molecule has 4 heteroatoms. The first kappa shape index (κ1) is 15.0. The molecule has 2 nitrogen and oxygen atoms in total. The summed E-state index contributed by atoms with van der Waals surface area (Å²) in [5.41, 5.74) is 0. The van der Waals surface area contributed by atoms with Gasteiger partial charge >= 0.3 is 0 Å². The Bertz CT molecular complexity index is 320. The molecule has 0 aliphatic heterocycles. The molecule has 1 unspecified atom stereocenters. The molecule has 0 aliphatic rings. The predicted molar refractivity (Wildman–Crippen MR) is 76.6 cm³/mol. The van der Waals surface area contributed by atoms with E-state index in [1.807, 2.05) is 18.2 Å². The number of hydrogen-bond acceptors (Lipinski definition) is 3. The van der Waals surface area contributed by atoms with E-state index in [-0.39, 0.29) is 0 Å². The summed E-state index contributed by atoms with van der Waals surface area (Å²) in [6.45, 7) is 3.30. The highest BCUT2D eigenvalue weighted by Crippen LogP contribution is 2.22. The molecule has 0 saturated carbocycles. The Balaban J connectivity index is 2.17. The Hall–Kier alpha value is -0.0300. The predicted octanol–water partition coefficient (Wildman–Crippen LogP) is 3.72. The first-order chi connectivity index (χ1) is 8.22. The van der Waals surface area contributed by atoms with Crippen molar-refractivity contribution in [2.45, 2.75) is 30.8 Å². The van der Waals surface area contributed by atoms with Gasteiger partial charge in [0.05, 0.1) is 12.7 Å². The van der Waals surface area contributed by atoms with E-state index in [4.69, 9.17) is 4.74 Å². The van der Waals surface area contributed by atoms with Crippen molar-refractivity contribution in [2.24, 2.45) is 0 Å². The highest BCUT2D eigenvalue weighted by molar-refractivity contribution is 9.10. The zero-order valence-electron chi connectivity index (χ0n) is 10.1. The molecule has 0 aliphatic carbocycles. The van der Waals surface area contributed by atoms with E-state index in [2.05, 4.69) is 28.9 Å². The molecule has 1 atom stereocenters. The molecule has 0 spiro atoms. The highest BCUT2D eigenvalue weighted by atomic mass is 79.9. The average Bonchev–Trinajstić information content (AvgIpc) is 2.32. The van der Waals surface area contributed by atoms with Gasteiger partial charge in [-0.3, -0.25) is 0 Å². The van der Waals surface area contributed by atoms with E-state index in [0.717, 1.165) is 28.8 Å². The topological polar surface area (TPSA) is 29.5 Å². The van der Waals surface area contributed by atoms with Crippen molar-refractivity contribution in [1.82, 2.24) is 0 Å². The van der Waals surface area contributed by atoms with Crippen LogP contribution in [0.1, 0.15) is 19.8 Å². The van der Waals surface area contributed by atoms with Crippen LogP contribution in [0.4, 0.5) is 0 Å². The van der Waals surface area contributed by atoms with Gasteiger partial charge in [-0.2, -0.15) is 0 Å². The monoisotopic (exact) mass is 318 g/mol. The van der Waals surface area contributed by atoms with Crippen LogP contribution in [0.15, 0.2) is 33.6 Å². The van der Waals surface area contributed by atoms with Crippen molar-refractivity contribution in [3.8, 4) is 0 Å². The Morgan fingerprint density at radius 1 is 1.47 bits per heavy atom. The third-order valence-electron chi connectivity index (χ3n) is 2.19. The summed E-state index contributed by atoms with van der Waals surface area (Å²) >= 11 is 5.07. The second kappa shape index (κ2) is 8.97. The van der Waals surface area contributed by atoms with Crippen LogP contribution in [0.5, 0.6) is 0 Å². The average molecular weight is 319 g/mol. The Labute approximate surface area is 116 Å². The lowest BCUT2D eigenvalue weighted by atomic mass is 10.3. The zero-order valence-corrected chi connectivity index (χ0v) is 12.5. The lowest BCUT2D eigenvalue weighted by Crippen LogP contribution is -2.18. The summed E-state index contributed by atoms with van der Waals surface area (Å²) in [6.07, 6.45) is 1.80. The van der Waals surface area contributed by atoms with Crippen molar-refractivity contribution in [2.75, 3.05) is 19.0 Å². The molecule has 1 aromatic carbocycles. The summed E-state index contributed by atoms with van der Waals surface area (Å²) in [7, 11) is 0. The first-order valence-electron chi connectivity index (χ1n) is 5.86. The lowest BCUT2D eigenvalue weighted by molar-refractivity contribution is 0.0473. The number of thioether (sulfide) groups is 1. The molecule has 1 rings (SSSR count). The molecule has 96 valence electrons. The summed E-state index contributed by atoms with van der Waals surface area (Å²) < 4.78 is 6.44. The van der Waals surface area contributed by atoms with Gasteiger partial charge in [0.1, 0.15) is 0 Å². The fraction of sp³-hybridized carbons (Fsp3) is 0.538. The minimum Gasteiger partial charge on any atom is -0.390 e. The van der Waals surface area contributed by atoms with Gasteiger partial charge in [-0.25, -0.2) is 0 Å². The molecular formula is C13H19BrO2S. The molecule has 0 heterocycles. The Morgan fingerprint density at radius 2 is 2.29 bits per heavy atom. The van der Waals surface area contributed by atoms with Crippen LogP contribution in [0, 0.1) is 0 Å². The van der Waals surface area contributed by atoms with Crippen molar-refractivity contribution in [3.05, 3.63) is 28.7 Å². The fourth-order valence-corrected chi connectivity index (χ4v) is 2.68. The number of ether oxygens (including phenoxy) is 1. The van der Waals surface area contributed by atoms with Crippen LogP contribution in [-0.2, 0) is 4.74 Å². The maximum absolute atomic E-state index is 9.72. The second-order valence-corrected chi connectivity index (χ2v) is 5.86. The molecule has 0 radical (unpaired) electrons. The van der Waals surface area contributed by atoms with E-state index in [1.165, 1.54) is 0 Å². The third kappa shape index (κ3) is 7.09. The number of aliphatic hydroxyl groups is 1. The minimum absolute atomic E-state index is 0.393. The van der Waals surface area contributed by atoms with Crippen molar-refractivity contribution in [3.63, 3.8) is 0 Å². The molecule has 17 heavy (non-hydrogen) atoms. The molecule has 1 aromatic rings. The fourth-order valence-electron chi connectivity index (χ4n) is 1.26. The van der Waals surface area contributed by atoms with E-state index >= 15 is 0 Å². The van der Waals surface area contributed by atoms with Gasteiger partial charge in [-0.1, -0.05) is 35.3 Å². The van der Waals surface area contributed by atoms with Gasteiger partial charge in [-0.05, 0) is 24.6 Å². The Morgan fingerprint density at radius 3 is 3.00 bits per heavy atom. The third-order valence-corrected chi connectivity index (χ3v) is 3.82. The SMILES string of the molecule is CCCCOCC(O)CSc1cccc(Br)c1. The smallest absolute Gasteiger partial charge is 0.0867 e. The van der Waals surface area contributed by atoms with Crippen molar-refractivity contribution in [1.29, 1.82) is 0 Å². The van der Waals surface area contributed by atoms with E-state index in [9.17, 15) is 5.11 Å². The standard InChI is InChI=1S/C13H19BrO2S/c1-2-3-7-16-9-12(15)10-17-13-6-4-5-11(14)8-13/h4-6,8,12,15H,2-3,7,9-10H2,1H3. The molecule has 0 amide bonds. The van der Waals surface area contributed by atoms with E-state index in [1.54, 1.807) is 11.8 Å². The maximum Gasteiger partial charge on any atom is 0.0867 e. The second-order valence-electron chi connectivity index (χ2n) is 3.85. The van der Waals surface area contributed by atoms with Gasteiger partial charge in [0.2, 0.25) is 0 Å². The number of halogens is 1. The van der Waals surface area contributed by atoms with Gasteiger partial charge in [0.15, 0.2) is 0 Å².